The molecule has 1 unspecified atom stereocenters. The van der Waals surface area contributed by atoms with E-state index in [4.69, 9.17) is 14.2 Å². The highest BCUT2D eigenvalue weighted by Crippen LogP contribution is 2.50. The zero-order valence-corrected chi connectivity index (χ0v) is 20.8. The zero-order chi connectivity index (χ0) is 25.2. The number of hydrogen-bond donors (Lipinski definition) is 1. The molecule has 1 aliphatic heterocycles. The Kier molecular flexibility index (Phi) is 6.06. The smallest absolute Gasteiger partial charge is 0.228 e. The molecule has 6 rings (SSSR count). The molecule has 0 amide bonds. The van der Waals surface area contributed by atoms with E-state index >= 15 is 0 Å². The van der Waals surface area contributed by atoms with Gasteiger partial charge in [0.2, 0.25) is 5.88 Å². The van der Waals surface area contributed by atoms with Crippen molar-refractivity contribution >= 4 is 16.6 Å². The van der Waals surface area contributed by atoms with Gasteiger partial charge in [0.15, 0.2) is 0 Å². The van der Waals surface area contributed by atoms with Crippen LogP contribution in [0, 0.1) is 0 Å². The normalized spacial score (nSPS) is 13.8. The van der Waals surface area contributed by atoms with Gasteiger partial charge in [0.25, 0.3) is 0 Å². The molecule has 2 heterocycles. The van der Waals surface area contributed by atoms with Gasteiger partial charge in [-0.05, 0) is 29.0 Å². The van der Waals surface area contributed by atoms with Gasteiger partial charge in [-0.2, -0.15) is 0 Å². The molecule has 1 aromatic heterocycles. The average molecular weight is 490 g/mol. The van der Waals surface area contributed by atoms with Crippen molar-refractivity contribution in [3.63, 3.8) is 0 Å². The quantitative estimate of drug-likeness (QED) is 0.273. The molecule has 0 saturated heterocycles. The Hall–Kier alpha value is -4.58. The second-order valence-electron chi connectivity index (χ2n) is 8.95. The van der Waals surface area contributed by atoms with Gasteiger partial charge >= 0.3 is 0 Å². The van der Waals surface area contributed by atoms with Gasteiger partial charge in [-0.3, -0.25) is 0 Å². The molecule has 37 heavy (non-hydrogen) atoms. The molecule has 184 valence electrons. The first-order chi connectivity index (χ1) is 18.3. The first-order valence-corrected chi connectivity index (χ1v) is 12.3. The lowest BCUT2D eigenvalue weighted by atomic mass is 9.82. The van der Waals surface area contributed by atoms with Crippen LogP contribution in [0.25, 0.3) is 10.8 Å². The number of methoxy groups -OCH3 is 2. The van der Waals surface area contributed by atoms with Crippen molar-refractivity contribution < 1.29 is 14.2 Å². The summed E-state index contributed by atoms with van der Waals surface area (Å²) in [5.74, 6) is 3.71. The number of nitrogens with one attached hydrogen (secondary N) is 1. The number of aromatic nitrogens is 2. The maximum absolute atomic E-state index is 6.48. The van der Waals surface area contributed by atoms with Gasteiger partial charge in [-0.25, -0.2) is 9.97 Å². The van der Waals surface area contributed by atoms with Crippen LogP contribution in [-0.2, 0) is 6.42 Å². The molecule has 6 heteroatoms. The van der Waals surface area contributed by atoms with Gasteiger partial charge in [-0.1, -0.05) is 72.8 Å². The van der Waals surface area contributed by atoms with Crippen molar-refractivity contribution in [1.82, 2.24) is 9.97 Å². The van der Waals surface area contributed by atoms with Gasteiger partial charge < -0.3 is 19.5 Å². The molecule has 0 spiro atoms. The van der Waals surface area contributed by atoms with Crippen molar-refractivity contribution in [2.24, 2.45) is 0 Å². The predicted molar refractivity (Wildman–Crippen MR) is 145 cm³/mol. The van der Waals surface area contributed by atoms with E-state index in [1.54, 1.807) is 20.5 Å². The summed E-state index contributed by atoms with van der Waals surface area (Å²) < 4.78 is 17.4. The van der Waals surface area contributed by atoms with E-state index in [-0.39, 0.29) is 5.92 Å². The summed E-state index contributed by atoms with van der Waals surface area (Å²) >= 11 is 0. The van der Waals surface area contributed by atoms with E-state index < -0.39 is 0 Å². The number of anilines is 1. The Labute approximate surface area is 215 Å². The van der Waals surface area contributed by atoms with E-state index in [2.05, 4.69) is 63.8 Å². The lowest BCUT2D eigenvalue weighted by Gasteiger charge is -2.30. The number of hydrogen-bond acceptors (Lipinski definition) is 6. The standard InChI is InChI=1S/C31H27N3O3/c1-35-23-14-12-21(26(18-23)36-2)16-17-32-30-28-27(22-9-4-3-5-10-22)25-15-13-20-8-6-7-11-24(20)29(25)37-31(28)34-19-33-30/h3-15,18-19,27H,16-17H2,1-2H3,(H,32,33,34). The number of ether oxygens (including phenoxy) is 3. The van der Waals surface area contributed by atoms with Crippen LogP contribution in [0.1, 0.15) is 28.2 Å². The van der Waals surface area contributed by atoms with Gasteiger partial charge in [0.1, 0.15) is 29.4 Å². The lowest BCUT2D eigenvalue weighted by Crippen LogP contribution is -2.18. The summed E-state index contributed by atoms with van der Waals surface area (Å²) in [6.07, 6.45) is 2.32. The summed E-state index contributed by atoms with van der Waals surface area (Å²) in [7, 11) is 3.33. The third-order valence-corrected chi connectivity index (χ3v) is 6.87. The number of rotatable bonds is 7. The fourth-order valence-electron chi connectivity index (χ4n) is 5.08. The van der Waals surface area contributed by atoms with E-state index in [0.29, 0.717) is 12.4 Å². The molecule has 5 aromatic rings. The highest BCUT2D eigenvalue weighted by Gasteiger charge is 2.33. The molecular weight excluding hydrogens is 462 g/mol. The minimum Gasteiger partial charge on any atom is -0.497 e. The fourth-order valence-corrected chi connectivity index (χ4v) is 5.08. The van der Waals surface area contributed by atoms with E-state index in [0.717, 1.165) is 57.0 Å². The first kappa shape index (κ1) is 22.9. The Morgan fingerprint density at radius 1 is 0.865 bits per heavy atom. The topological polar surface area (TPSA) is 65.5 Å². The van der Waals surface area contributed by atoms with Crippen LogP contribution in [0.3, 0.4) is 0 Å². The molecule has 0 aliphatic carbocycles. The highest BCUT2D eigenvalue weighted by atomic mass is 16.5. The van der Waals surface area contributed by atoms with Gasteiger partial charge in [0.05, 0.1) is 19.8 Å². The maximum atomic E-state index is 6.48. The molecule has 0 fully saturated rings. The van der Waals surface area contributed by atoms with E-state index in [1.165, 1.54) is 5.56 Å². The van der Waals surface area contributed by atoms with Crippen molar-refractivity contribution in [2.45, 2.75) is 12.3 Å². The van der Waals surface area contributed by atoms with Gasteiger partial charge in [-0.15, -0.1) is 0 Å². The third kappa shape index (κ3) is 4.20. The molecule has 1 aliphatic rings. The lowest BCUT2D eigenvalue weighted by molar-refractivity contribution is 0.391. The molecule has 0 bridgehead atoms. The van der Waals surface area contributed by atoms with Crippen LogP contribution in [0.4, 0.5) is 5.82 Å². The Balaban J connectivity index is 1.38. The van der Waals surface area contributed by atoms with E-state index in [1.807, 2.05) is 36.4 Å². The van der Waals surface area contributed by atoms with Crippen LogP contribution in [0.5, 0.6) is 23.1 Å². The SMILES string of the molecule is COc1ccc(CCNc2ncnc3c2C(c2ccccc2)c2ccc4ccccc4c2O3)c(OC)c1. The maximum Gasteiger partial charge on any atom is 0.228 e. The minimum atomic E-state index is -0.0659. The van der Waals surface area contributed by atoms with Crippen molar-refractivity contribution in [2.75, 3.05) is 26.1 Å². The minimum absolute atomic E-state index is 0.0659. The molecular formula is C31H27N3O3. The van der Waals surface area contributed by atoms with E-state index in [9.17, 15) is 0 Å². The summed E-state index contributed by atoms with van der Waals surface area (Å²) in [6.45, 7) is 0.665. The number of nitrogens with zero attached hydrogens (tertiary/aromatic N) is 2. The predicted octanol–water partition coefficient (Wildman–Crippen LogP) is 6.59. The number of benzene rings is 4. The van der Waals surface area contributed by atoms with Gasteiger partial charge in [0, 0.05) is 29.5 Å². The van der Waals surface area contributed by atoms with Crippen LogP contribution >= 0.6 is 0 Å². The highest BCUT2D eigenvalue weighted by molar-refractivity contribution is 5.91. The summed E-state index contributed by atoms with van der Waals surface area (Å²) in [4.78, 5) is 9.22. The Bertz CT molecular complexity index is 1570. The van der Waals surface area contributed by atoms with Crippen LogP contribution < -0.4 is 19.5 Å². The monoisotopic (exact) mass is 489 g/mol. The van der Waals surface area contributed by atoms with Crippen LogP contribution in [-0.4, -0.2) is 30.7 Å². The zero-order valence-electron chi connectivity index (χ0n) is 20.8. The number of fused-ring (bicyclic) bond motifs is 4. The first-order valence-electron chi connectivity index (χ1n) is 12.3. The van der Waals surface area contributed by atoms with Crippen LogP contribution in [0.2, 0.25) is 0 Å². The summed E-state index contributed by atoms with van der Waals surface area (Å²) in [5, 5.41) is 5.76. The third-order valence-electron chi connectivity index (χ3n) is 6.87. The average Bonchev–Trinajstić information content (AvgIpc) is 2.96. The van der Waals surface area contributed by atoms with Crippen LogP contribution in [0.15, 0.2) is 91.3 Å². The molecule has 0 radical (unpaired) electrons. The molecule has 4 aromatic carbocycles. The molecule has 6 nitrogen and oxygen atoms in total. The summed E-state index contributed by atoms with van der Waals surface area (Å²) in [6, 6.07) is 29.0. The largest absolute Gasteiger partial charge is 0.497 e. The molecule has 1 N–H and O–H groups in total. The molecule has 1 atom stereocenters. The van der Waals surface area contributed by atoms with Crippen molar-refractivity contribution in [1.29, 1.82) is 0 Å². The molecule has 0 saturated carbocycles. The van der Waals surface area contributed by atoms with Crippen molar-refractivity contribution in [3.8, 4) is 23.1 Å². The van der Waals surface area contributed by atoms with Crippen molar-refractivity contribution in [3.05, 3.63) is 114 Å². The second-order valence-corrected chi connectivity index (χ2v) is 8.95. The second kappa shape index (κ2) is 9.82. The fraction of sp³-hybridized carbons (Fsp3) is 0.161. The Morgan fingerprint density at radius 2 is 1.70 bits per heavy atom. The Morgan fingerprint density at radius 3 is 2.54 bits per heavy atom. The summed E-state index contributed by atoms with van der Waals surface area (Å²) in [5.41, 5.74) is 4.30.